The van der Waals surface area contributed by atoms with Crippen molar-refractivity contribution in [3.8, 4) is 11.8 Å². The summed E-state index contributed by atoms with van der Waals surface area (Å²) in [6, 6.07) is 9.25. The summed E-state index contributed by atoms with van der Waals surface area (Å²) >= 11 is 0. The highest BCUT2D eigenvalue weighted by Crippen LogP contribution is 2.69. The highest BCUT2D eigenvalue weighted by molar-refractivity contribution is 5.93. The third kappa shape index (κ3) is 3.84. The van der Waals surface area contributed by atoms with Crippen LogP contribution in [0.1, 0.15) is 89.5 Å². The van der Waals surface area contributed by atoms with Gasteiger partial charge in [0.05, 0.1) is 5.41 Å². The lowest BCUT2D eigenvalue weighted by atomic mass is 9.48. The van der Waals surface area contributed by atoms with Gasteiger partial charge in [0, 0.05) is 37.5 Å². The Hall–Kier alpha value is -2.64. The van der Waals surface area contributed by atoms with E-state index < -0.39 is 5.41 Å². The number of carbonyl (C=O) groups excluding carboxylic acids is 2. The molecular formula is C34H41NO3. The van der Waals surface area contributed by atoms with Crippen LogP contribution in [0.5, 0.6) is 0 Å². The minimum absolute atomic E-state index is 0.207. The Kier molecular flexibility index (Phi) is 6.63. The van der Waals surface area contributed by atoms with E-state index in [1.165, 1.54) is 35.2 Å². The largest absolute Gasteiger partial charge is 0.384 e. The molecule has 0 radical (unpaired) electrons. The summed E-state index contributed by atoms with van der Waals surface area (Å²) in [5.74, 6) is 7.86. The maximum Gasteiger partial charge on any atom is 0.156 e. The van der Waals surface area contributed by atoms with Gasteiger partial charge in [-0.1, -0.05) is 43.4 Å². The topological polar surface area (TPSA) is 57.6 Å². The lowest BCUT2D eigenvalue weighted by Crippen LogP contribution is -2.50. The first-order valence-corrected chi connectivity index (χ1v) is 14.9. The van der Waals surface area contributed by atoms with E-state index in [1.54, 1.807) is 5.57 Å². The molecule has 0 spiro atoms. The molecule has 1 aliphatic heterocycles. The Morgan fingerprint density at radius 3 is 2.58 bits per heavy atom. The predicted octanol–water partition coefficient (Wildman–Crippen LogP) is 6.15. The first kappa shape index (κ1) is 25.6. The van der Waals surface area contributed by atoms with Crippen LogP contribution in [0.2, 0.25) is 0 Å². The number of ketones is 2. The molecule has 6 rings (SSSR count). The standard InChI is InChI=1S/C34H41NO3/c1-3-31(38)34(16-6-20-36)17-15-30-28-13-9-24-21-26(37)12-14-27(24)32(28)29(22-33(30,34)2)23-7-10-25(11-8-23)35-18-4-5-19-35/h7-8,10-11,21,28-30,36H,3-5,9,12-15,17-20,22H2,1-2H3/t28-,29+,30-,33-,34+/m0/s1. The van der Waals surface area contributed by atoms with Crippen molar-refractivity contribution in [1.82, 2.24) is 0 Å². The lowest BCUT2D eigenvalue weighted by molar-refractivity contribution is -0.132. The van der Waals surface area contributed by atoms with E-state index in [2.05, 4.69) is 47.9 Å². The molecule has 4 heteroatoms. The molecular weight excluding hydrogens is 470 g/mol. The van der Waals surface area contributed by atoms with E-state index in [9.17, 15) is 14.7 Å². The van der Waals surface area contributed by atoms with Crippen molar-refractivity contribution < 1.29 is 14.7 Å². The summed E-state index contributed by atoms with van der Waals surface area (Å²) in [6.45, 7) is 6.36. The van der Waals surface area contributed by atoms with Gasteiger partial charge in [0.25, 0.3) is 0 Å². The van der Waals surface area contributed by atoms with Gasteiger partial charge in [-0.15, -0.1) is 0 Å². The Morgan fingerprint density at radius 2 is 1.87 bits per heavy atom. The second-order valence-corrected chi connectivity index (χ2v) is 12.5. The van der Waals surface area contributed by atoms with Gasteiger partial charge < -0.3 is 10.0 Å². The van der Waals surface area contributed by atoms with Gasteiger partial charge in [-0.05, 0) is 104 Å². The van der Waals surface area contributed by atoms with Crippen LogP contribution in [-0.2, 0) is 9.59 Å². The molecule has 3 fully saturated rings. The summed E-state index contributed by atoms with van der Waals surface area (Å²) in [7, 11) is 0. The molecule has 1 N–H and O–H groups in total. The Morgan fingerprint density at radius 1 is 1.11 bits per heavy atom. The van der Waals surface area contributed by atoms with Crippen LogP contribution >= 0.6 is 0 Å². The van der Waals surface area contributed by atoms with E-state index in [0.717, 1.165) is 51.6 Å². The average molecular weight is 512 g/mol. The Labute approximate surface area is 227 Å². The molecule has 5 atom stereocenters. The van der Waals surface area contributed by atoms with Gasteiger partial charge in [-0.2, -0.15) is 0 Å². The van der Waals surface area contributed by atoms with E-state index in [1.807, 2.05) is 13.0 Å². The molecule has 38 heavy (non-hydrogen) atoms. The molecule has 1 heterocycles. The Bertz CT molecular complexity index is 1250. The fourth-order valence-electron chi connectivity index (χ4n) is 9.10. The zero-order chi connectivity index (χ0) is 26.5. The van der Waals surface area contributed by atoms with Gasteiger partial charge in [-0.3, -0.25) is 9.59 Å². The maximum atomic E-state index is 13.7. The first-order valence-electron chi connectivity index (χ1n) is 14.9. The molecule has 1 aromatic rings. The highest BCUT2D eigenvalue weighted by Gasteiger charge is 2.65. The number of hydrogen-bond acceptors (Lipinski definition) is 4. The third-order valence-electron chi connectivity index (χ3n) is 10.9. The molecule has 1 aromatic carbocycles. The fraction of sp³-hybridized carbons (Fsp3) is 0.588. The molecule has 0 bridgehead atoms. The van der Waals surface area contributed by atoms with Crippen molar-refractivity contribution in [2.45, 2.75) is 84.0 Å². The molecule has 4 aliphatic carbocycles. The van der Waals surface area contributed by atoms with Gasteiger partial charge in [0.15, 0.2) is 11.6 Å². The fourth-order valence-corrected chi connectivity index (χ4v) is 9.10. The van der Waals surface area contributed by atoms with Crippen molar-refractivity contribution in [3.63, 3.8) is 0 Å². The number of aliphatic hydroxyl groups is 1. The van der Waals surface area contributed by atoms with Crippen molar-refractivity contribution in [2.75, 3.05) is 24.6 Å². The molecule has 0 amide bonds. The molecule has 4 nitrogen and oxygen atoms in total. The summed E-state index contributed by atoms with van der Waals surface area (Å²) in [5, 5.41) is 9.63. The molecule has 2 saturated carbocycles. The monoisotopic (exact) mass is 511 g/mol. The number of fused-ring (bicyclic) bond motifs is 4. The SMILES string of the molecule is CCC(=O)[C@@]1(C#CCO)CC[C@H]2[C@@H]3CCC4=CC(=O)CCC4=C3[C@@H](c3ccc(N4CCCC4)cc3)C[C@@]21C. The minimum Gasteiger partial charge on any atom is -0.384 e. The number of benzene rings is 1. The summed E-state index contributed by atoms with van der Waals surface area (Å²) in [4.78, 5) is 28.5. The normalized spacial score (nSPS) is 34.2. The van der Waals surface area contributed by atoms with Crippen LogP contribution in [-0.4, -0.2) is 36.4 Å². The van der Waals surface area contributed by atoms with Gasteiger partial charge in [0.1, 0.15) is 6.61 Å². The quantitative estimate of drug-likeness (QED) is 0.493. The van der Waals surface area contributed by atoms with Gasteiger partial charge in [0.2, 0.25) is 0 Å². The zero-order valence-electron chi connectivity index (χ0n) is 23.0. The van der Waals surface area contributed by atoms with Crippen molar-refractivity contribution in [3.05, 3.63) is 52.6 Å². The number of allylic oxidation sites excluding steroid dienone is 4. The van der Waals surface area contributed by atoms with Crippen LogP contribution in [0.3, 0.4) is 0 Å². The molecule has 200 valence electrons. The maximum absolute atomic E-state index is 13.7. The summed E-state index contributed by atoms with van der Waals surface area (Å²) < 4.78 is 0. The van der Waals surface area contributed by atoms with Gasteiger partial charge >= 0.3 is 0 Å². The van der Waals surface area contributed by atoms with Crippen LogP contribution < -0.4 is 4.90 Å². The Balaban J connectivity index is 1.49. The number of carbonyl (C=O) groups is 2. The molecule has 5 aliphatic rings. The second-order valence-electron chi connectivity index (χ2n) is 12.5. The van der Waals surface area contributed by atoms with Gasteiger partial charge in [-0.25, -0.2) is 0 Å². The zero-order valence-corrected chi connectivity index (χ0v) is 23.0. The molecule has 1 saturated heterocycles. The number of Topliss-reactive ketones (excluding diaryl/α,β-unsaturated/α-hetero) is 1. The minimum atomic E-state index is -0.697. The summed E-state index contributed by atoms with van der Waals surface area (Å²) in [5.41, 5.74) is 5.96. The van der Waals surface area contributed by atoms with Crippen molar-refractivity contribution in [2.24, 2.45) is 22.7 Å². The van der Waals surface area contributed by atoms with Crippen LogP contribution in [0.4, 0.5) is 5.69 Å². The number of aliphatic hydroxyl groups excluding tert-OH is 1. The predicted molar refractivity (Wildman–Crippen MR) is 151 cm³/mol. The molecule has 0 aromatic heterocycles. The second kappa shape index (κ2) is 9.83. The van der Waals surface area contributed by atoms with Crippen LogP contribution in [0.25, 0.3) is 0 Å². The lowest BCUT2D eigenvalue weighted by Gasteiger charge is -2.54. The highest BCUT2D eigenvalue weighted by atomic mass is 16.2. The number of rotatable bonds is 4. The third-order valence-corrected chi connectivity index (χ3v) is 10.9. The van der Waals surface area contributed by atoms with Crippen LogP contribution in [0, 0.1) is 34.5 Å². The van der Waals surface area contributed by atoms with E-state index >= 15 is 0 Å². The number of hydrogen-bond donors (Lipinski definition) is 1. The van der Waals surface area contributed by atoms with E-state index in [0.29, 0.717) is 24.7 Å². The van der Waals surface area contributed by atoms with Crippen LogP contribution in [0.15, 0.2) is 47.1 Å². The van der Waals surface area contributed by atoms with Crippen molar-refractivity contribution >= 4 is 17.3 Å². The van der Waals surface area contributed by atoms with E-state index in [-0.39, 0.29) is 29.5 Å². The number of nitrogens with zero attached hydrogens (tertiary/aromatic N) is 1. The molecule has 0 unspecified atom stereocenters. The smallest absolute Gasteiger partial charge is 0.156 e. The van der Waals surface area contributed by atoms with E-state index in [4.69, 9.17) is 0 Å². The average Bonchev–Trinajstić information content (AvgIpc) is 3.58. The number of anilines is 1. The summed E-state index contributed by atoms with van der Waals surface area (Å²) in [6.07, 6.45) is 11.1. The van der Waals surface area contributed by atoms with Crippen molar-refractivity contribution in [1.29, 1.82) is 0 Å². The first-order chi connectivity index (χ1) is 18.4.